The Balaban J connectivity index is 1.57. The van der Waals surface area contributed by atoms with Crippen molar-refractivity contribution in [2.24, 2.45) is 0 Å². The highest BCUT2D eigenvalue weighted by Gasteiger charge is 2.39. The molecule has 0 fully saturated rings. The quantitative estimate of drug-likeness (QED) is 0.712. The Labute approximate surface area is 172 Å². The van der Waals surface area contributed by atoms with Crippen molar-refractivity contribution >= 4 is 23.3 Å². The molecule has 0 spiro atoms. The zero-order chi connectivity index (χ0) is 20.0. The second-order valence-electron chi connectivity index (χ2n) is 7.22. The van der Waals surface area contributed by atoms with Crippen LogP contribution in [-0.4, -0.2) is 33.1 Å². The molecule has 2 aliphatic rings. The Kier molecular flexibility index (Phi) is 4.32. The van der Waals surface area contributed by atoms with E-state index >= 15 is 0 Å². The maximum Gasteiger partial charge on any atom is 0.248 e. The first-order valence-electron chi connectivity index (χ1n) is 9.34. The largest absolute Gasteiger partial charge is 0.497 e. The first kappa shape index (κ1) is 17.9. The molecule has 0 saturated heterocycles. The van der Waals surface area contributed by atoms with Gasteiger partial charge in [-0.15, -0.1) is 0 Å². The number of carbonyl (C=O) groups excluding carboxylic acids is 1. The Hall–Kier alpha value is -3.19. The number of halogens is 1. The van der Waals surface area contributed by atoms with Crippen molar-refractivity contribution in [3.05, 3.63) is 76.0 Å². The van der Waals surface area contributed by atoms with Gasteiger partial charge in [-0.3, -0.25) is 4.79 Å². The molecule has 1 aliphatic heterocycles. The Bertz CT molecular complexity index is 1120. The Morgan fingerprint density at radius 2 is 1.97 bits per heavy atom. The maximum atomic E-state index is 13.3. The minimum Gasteiger partial charge on any atom is -0.497 e. The van der Waals surface area contributed by atoms with Crippen molar-refractivity contribution in [3.8, 4) is 5.75 Å². The second kappa shape index (κ2) is 7.00. The number of benzene rings is 2. The summed E-state index contributed by atoms with van der Waals surface area (Å²) in [6.07, 6.45) is 1.13. The lowest BCUT2D eigenvalue weighted by atomic mass is 9.78. The summed E-state index contributed by atoms with van der Waals surface area (Å²) in [7, 11) is 1.64. The minimum absolute atomic E-state index is 0.0668. The number of fused-ring (bicyclic) bond motifs is 1. The number of hydrogen-bond donors (Lipinski definition) is 1. The van der Waals surface area contributed by atoms with E-state index in [1.54, 1.807) is 11.8 Å². The van der Waals surface area contributed by atoms with Gasteiger partial charge in [0.25, 0.3) is 0 Å². The molecule has 2 heterocycles. The van der Waals surface area contributed by atoms with E-state index in [-0.39, 0.29) is 17.7 Å². The highest BCUT2D eigenvalue weighted by molar-refractivity contribution is 6.30. The molecule has 3 aromatic rings. The highest BCUT2D eigenvalue weighted by Crippen LogP contribution is 2.44. The number of ether oxygens (including phenoxy) is 1. The lowest BCUT2D eigenvalue weighted by molar-refractivity contribution is -0.116. The van der Waals surface area contributed by atoms with Gasteiger partial charge in [-0.1, -0.05) is 41.0 Å². The molecule has 1 aromatic heterocycles. The van der Waals surface area contributed by atoms with Crippen LogP contribution in [0.3, 0.4) is 0 Å². The van der Waals surface area contributed by atoms with Crippen LogP contribution in [0.1, 0.15) is 35.9 Å². The van der Waals surface area contributed by atoms with Gasteiger partial charge < -0.3 is 10.1 Å². The van der Waals surface area contributed by atoms with Gasteiger partial charge >= 0.3 is 0 Å². The number of aromatic nitrogens is 4. The normalized spacial score (nSPS) is 20.7. The summed E-state index contributed by atoms with van der Waals surface area (Å²) >= 11 is 6.06. The fraction of sp³-hybridized carbons (Fsp3) is 0.238. The lowest BCUT2D eigenvalue weighted by Gasteiger charge is -2.34. The summed E-state index contributed by atoms with van der Waals surface area (Å²) in [5, 5.41) is 15.9. The van der Waals surface area contributed by atoms with Crippen molar-refractivity contribution in [1.82, 2.24) is 20.2 Å². The van der Waals surface area contributed by atoms with Gasteiger partial charge in [-0.2, -0.15) is 4.68 Å². The summed E-state index contributed by atoms with van der Waals surface area (Å²) in [5.74, 6) is 1.47. The van der Waals surface area contributed by atoms with Gasteiger partial charge in [0.15, 0.2) is 5.78 Å². The van der Waals surface area contributed by atoms with E-state index in [0.29, 0.717) is 29.4 Å². The number of carbonyl (C=O) groups is 1. The number of allylic oxidation sites excluding steroid dienone is 2. The zero-order valence-corrected chi connectivity index (χ0v) is 16.4. The first-order chi connectivity index (χ1) is 14.1. The van der Waals surface area contributed by atoms with Crippen LogP contribution in [0.15, 0.2) is 59.8 Å². The number of anilines is 1. The summed E-state index contributed by atoms with van der Waals surface area (Å²) in [5.41, 5.74) is 3.59. The molecule has 29 heavy (non-hydrogen) atoms. The number of nitrogens with one attached hydrogen (secondary N) is 1. The second-order valence-corrected chi connectivity index (χ2v) is 7.66. The van der Waals surface area contributed by atoms with Crippen LogP contribution in [0, 0.1) is 0 Å². The third-order valence-corrected chi connectivity index (χ3v) is 5.78. The molecule has 0 amide bonds. The molecule has 0 saturated carbocycles. The number of Topliss-reactive ketones (excluding diaryl/α,β-unsaturated/α-hetero) is 1. The molecule has 2 aromatic carbocycles. The molecule has 8 heteroatoms. The van der Waals surface area contributed by atoms with Crippen LogP contribution in [0.25, 0.3) is 0 Å². The van der Waals surface area contributed by atoms with Crippen LogP contribution < -0.4 is 10.1 Å². The third kappa shape index (κ3) is 3.07. The number of ketones is 1. The van der Waals surface area contributed by atoms with Crippen LogP contribution >= 0.6 is 11.6 Å². The van der Waals surface area contributed by atoms with Gasteiger partial charge in [-0.05, 0) is 58.2 Å². The molecular weight excluding hydrogens is 390 g/mol. The van der Waals surface area contributed by atoms with Crippen molar-refractivity contribution in [3.63, 3.8) is 0 Å². The van der Waals surface area contributed by atoms with E-state index in [9.17, 15) is 4.79 Å². The van der Waals surface area contributed by atoms with Gasteiger partial charge in [0.05, 0.1) is 7.11 Å². The van der Waals surface area contributed by atoms with E-state index in [2.05, 4.69) is 20.8 Å². The maximum absolute atomic E-state index is 13.3. The van der Waals surface area contributed by atoms with Crippen molar-refractivity contribution in [2.45, 2.75) is 24.8 Å². The van der Waals surface area contributed by atoms with E-state index in [4.69, 9.17) is 16.3 Å². The smallest absolute Gasteiger partial charge is 0.248 e. The summed E-state index contributed by atoms with van der Waals surface area (Å²) in [6, 6.07) is 15.0. The molecule has 0 unspecified atom stereocenters. The van der Waals surface area contributed by atoms with E-state index < -0.39 is 0 Å². The van der Waals surface area contributed by atoms with Crippen molar-refractivity contribution in [2.75, 3.05) is 12.4 Å². The third-order valence-electron chi connectivity index (χ3n) is 5.53. The van der Waals surface area contributed by atoms with Gasteiger partial charge in [0.2, 0.25) is 5.95 Å². The predicted octanol–water partition coefficient (Wildman–Crippen LogP) is 3.75. The van der Waals surface area contributed by atoms with Crippen LogP contribution in [0.4, 0.5) is 5.95 Å². The first-order valence-corrected chi connectivity index (χ1v) is 9.72. The molecule has 2 atom stereocenters. The van der Waals surface area contributed by atoms with Crippen molar-refractivity contribution in [1.29, 1.82) is 0 Å². The SMILES string of the molecule is COc1cccc([C@@H]2CC(=O)C3=C(C2)Nc2nnnn2[C@@H]3c2ccc(Cl)cc2)c1. The number of nitrogens with zero attached hydrogens (tertiary/aromatic N) is 4. The van der Waals surface area contributed by atoms with E-state index in [0.717, 1.165) is 22.6 Å². The standard InChI is InChI=1S/C21H18ClN5O2/c1-29-16-4-2-3-13(9-16)14-10-17-19(18(28)11-14)20(12-5-7-15(22)8-6-12)27-21(23-17)24-25-26-27/h2-9,14,20H,10-11H2,1H3,(H,23,24,26)/t14-,20+/m0/s1. The molecular formula is C21H18ClN5O2. The van der Waals surface area contributed by atoms with E-state index in [1.807, 2.05) is 48.5 Å². The summed E-state index contributed by atoms with van der Waals surface area (Å²) in [6.45, 7) is 0. The van der Waals surface area contributed by atoms with Crippen LogP contribution in [-0.2, 0) is 4.79 Å². The minimum atomic E-state index is -0.368. The zero-order valence-electron chi connectivity index (χ0n) is 15.7. The Morgan fingerprint density at radius 1 is 1.14 bits per heavy atom. The molecule has 146 valence electrons. The van der Waals surface area contributed by atoms with E-state index in [1.165, 1.54) is 0 Å². The number of hydrogen-bond acceptors (Lipinski definition) is 6. The average Bonchev–Trinajstić information content (AvgIpc) is 3.21. The van der Waals surface area contributed by atoms with Crippen LogP contribution in [0.2, 0.25) is 5.02 Å². The monoisotopic (exact) mass is 407 g/mol. The molecule has 1 aliphatic carbocycles. The summed E-state index contributed by atoms with van der Waals surface area (Å²) < 4.78 is 7.01. The van der Waals surface area contributed by atoms with Gasteiger partial charge in [0, 0.05) is 22.7 Å². The molecule has 1 N–H and O–H groups in total. The number of tetrazole rings is 1. The Morgan fingerprint density at radius 3 is 2.76 bits per heavy atom. The molecule has 7 nitrogen and oxygen atoms in total. The van der Waals surface area contributed by atoms with Gasteiger partial charge in [-0.25, -0.2) is 0 Å². The fourth-order valence-electron chi connectivity index (χ4n) is 4.16. The fourth-order valence-corrected chi connectivity index (χ4v) is 4.28. The topological polar surface area (TPSA) is 81.9 Å². The molecule has 5 rings (SSSR count). The van der Waals surface area contributed by atoms with Crippen molar-refractivity contribution < 1.29 is 9.53 Å². The number of methoxy groups -OCH3 is 1. The lowest BCUT2D eigenvalue weighted by Crippen LogP contribution is -2.33. The number of rotatable bonds is 3. The molecule has 0 radical (unpaired) electrons. The average molecular weight is 408 g/mol. The summed E-state index contributed by atoms with van der Waals surface area (Å²) in [4.78, 5) is 13.3. The predicted molar refractivity (Wildman–Crippen MR) is 108 cm³/mol. The van der Waals surface area contributed by atoms with Gasteiger partial charge in [0.1, 0.15) is 11.8 Å². The molecule has 0 bridgehead atoms. The highest BCUT2D eigenvalue weighted by atomic mass is 35.5. The van der Waals surface area contributed by atoms with Crippen LogP contribution in [0.5, 0.6) is 5.75 Å².